The van der Waals surface area contributed by atoms with E-state index in [1.807, 2.05) is 43.3 Å². The van der Waals surface area contributed by atoms with Crippen LogP contribution < -0.4 is 0 Å². The molecule has 1 aromatic heterocycles. The molecule has 1 heterocycles. The average Bonchev–Trinajstić information content (AvgIpc) is 2.33. The molecule has 1 atom stereocenters. The monoisotopic (exact) mass is 339 g/mol. The Labute approximate surface area is 115 Å². The van der Waals surface area contributed by atoms with Crippen LogP contribution in [-0.2, 0) is 6.42 Å². The summed E-state index contributed by atoms with van der Waals surface area (Å²) >= 11 is 2.25. The quantitative estimate of drug-likeness (QED) is 0.871. The number of rotatable bonds is 3. The fourth-order valence-corrected chi connectivity index (χ4v) is 2.08. The summed E-state index contributed by atoms with van der Waals surface area (Å²) < 4.78 is 1.17. The summed E-state index contributed by atoms with van der Waals surface area (Å²) in [4.78, 5) is 4.30. The van der Waals surface area contributed by atoms with Gasteiger partial charge >= 0.3 is 0 Å². The molecule has 17 heavy (non-hydrogen) atoms. The zero-order valence-electron chi connectivity index (χ0n) is 9.60. The van der Waals surface area contributed by atoms with Gasteiger partial charge in [-0.05, 0) is 58.8 Å². The van der Waals surface area contributed by atoms with Gasteiger partial charge in [0.15, 0.2) is 0 Å². The topological polar surface area (TPSA) is 33.1 Å². The van der Waals surface area contributed by atoms with Crippen molar-refractivity contribution in [1.29, 1.82) is 0 Å². The molecule has 1 aromatic carbocycles. The van der Waals surface area contributed by atoms with Gasteiger partial charge in [0.1, 0.15) is 0 Å². The van der Waals surface area contributed by atoms with Gasteiger partial charge in [0.25, 0.3) is 0 Å². The van der Waals surface area contributed by atoms with Crippen molar-refractivity contribution in [1.82, 2.24) is 4.98 Å². The molecule has 0 bridgehead atoms. The number of nitrogens with zero attached hydrogens (tertiary/aromatic N) is 1. The Kier molecular flexibility index (Phi) is 4.12. The lowest BCUT2D eigenvalue weighted by atomic mass is 10.0. The number of pyridine rings is 1. The Morgan fingerprint density at radius 3 is 2.59 bits per heavy atom. The highest BCUT2D eigenvalue weighted by molar-refractivity contribution is 14.1. The third-order valence-electron chi connectivity index (χ3n) is 2.76. The molecular weight excluding hydrogens is 325 g/mol. The van der Waals surface area contributed by atoms with Gasteiger partial charge in [-0.25, -0.2) is 0 Å². The largest absolute Gasteiger partial charge is 0.388 e. The number of aliphatic hydroxyl groups is 1. The first-order chi connectivity index (χ1) is 8.16. The SMILES string of the molecule is Cc1cccnc1CC(O)c1ccc(I)cc1. The Bertz CT molecular complexity index is 496. The molecule has 88 valence electrons. The van der Waals surface area contributed by atoms with Gasteiger partial charge in [-0.2, -0.15) is 0 Å². The van der Waals surface area contributed by atoms with Crippen LogP contribution in [-0.4, -0.2) is 10.1 Å². The first-order valence-electron chi connectivity index (χ1n) is 5.51. The molecule has 0 amide bonds. The second-order valence-electron chi connectivity index (χ2n) is 4.04. The number of aliphatic hydroxyl groups excluding tert-OH is 1. The summed E-state index contributed by atoms with van der Waals surface area (Å²) in [7, 11) is 0. The van der Waals surface area contributed by atoms with Crippen molar-refractivity contribution in [3.63, 3.8) is 0 Å². The van der Waals surface area contributed by atoms with Gasteiger partial charge in [-0.3, -0.25) is 4.98 Å². The molecule has 0 fully saturated rings. The molecule has 0 spiro atoms. The van der Waals surface area contributed by atoms with Crippen molar-refractivity contribution in [3.05, 3.63) is 63.0 Å². The molecule has 1 unspecified atom stereocenters. The molecule has 0 aliphatic carbocycles. The van der Waals surface area contributed by atoms with E-state index < -0.39 is 6.10 Å². The third kappa shape index (κ3) is 3.26. The molecule has 1 N–H and O–H groups in total. The van der Waals surface area contributed by atoms with Crippen molar-refractivity contribution in [2.24, 2.45) is 0 Å². The standard InChI is InChI=1S/C14H14INO/c1-10-3-2-8-16-13(10)9-14(17)11-4-6-12(15)7-5-11/h2-8,14,17H,9H2,1H3. The Morgan fingerprint density at radius 2 is 1.94 bits per heavy atom. The molecule has 2 nitrogen and oxygen atoms in total. The number of halogens is 1. The maximum absolute atomic E-state index is 10.1. The second kappa shape index (κ2) is 5.60. The lowest BCUT2D eigenvalue weighted by molar-refractivity contribution is 0.177. The van der Waals surface area contributed by atoms with Crippen LogP contribution in [0.4, 0.5) is 0 Å². The van der Waals surface area contributed by atoms with Gasteiger partial charge in [0.2, 0.25) is 0 Å². The summed E-state index contributed by atoms with van der Waals surface area (Å²) in [5.74, 6) is 0. The van der Waals surface area contributed by atoms with Crippen LogP contribution in [0.15, 0.2) is 42.6 Å². The molecular formula is C14H14INO. The highest BCUT2D eigenvalue weighted by Gasteiger charge is 2.10. The minimum Gasteiger partial charge on any atom is -0.388 e. The average molecular weight is 339 g/mol. The fourth-order valence-electron chi connectivity index (χ4n) is 1.72. The number of benzene rings is 1. The Balaban J connectivity index is 2.14. The smallest absolute Gasteiger partial charge is 0.0845 e. The van der Waals surface area contributed by atoms with Crippen LogP contribution in [0.1, 0.15) is 22.9 Å². The summed E-state index contributed by atoms with van der Waals surface area (Å²) in [6, 6.07) is 11.9. The minimum atomic E-state index is -0.486. The predicted molar refractivity (Wildman–Crippen MR) is 76.8 cm³/mol. The van der Waals surface area contributed by atoms with Gasteiger partial charge < -0.3 is 5.11 Å². The van der Waals surface area contributed by atoms with Crippen LogP contribution in [0.2, 0.25) is 0 Å². The number of hydrogen-bond donors (Lipinski definition) is 1. The number of hydrogen-bond acceptors (Lipinski definition) is 2. The summed E-state index contributed by atoms with van der Waals surface area (Å²) in [6.07, 6.45) is 1.84. The van der Waals surface area contributed by atoms with E-state index in [9.17, 15) is 5.11 Å². The number of aryl methyl sites for hydroxylation is 1. The highest BCUT2D eigenvalue weighted by atomic mass is 127. The van der Waals surface area contributed by atoms with Crippen molar-refractivity contribution in [2.45, 2.75) is 19.4 Å². The first kappa shape index (κ1) is 12.5. The second-order valence-corrected chi connectivity index (χ2v) is 5.28. The molecule has 0 aliphatic rings. The first-order valence-corrected chi connectivity index (χ1v) is 6.58. The van der Waals surface area contributed by atoms with Crippen LogP contribution in [0.5, 0.6) is 0 Å². The zero-order valence-corrected chi connectivity index (χ0v) is 11.8. The van der Waals surface area contributed by atoms with Crippen LogP contribution in [0.3, 0.4) is 0 Å². The maximum atomic E-state index is 10.1. The Morgan fingerprint density at radius 1 is 1.24 bits per heavy atom. The summed E-state index contributed by atoms with van der Waals surface area (Å²) in [6.45, 7) is 2.02. The normalized spacial score (nSPS) is 12.4. The van der Waals surface area contributed by atoms with E-state index in [1.54, 1.807) is 6.20 Å². The van der Waals surface area contributed by atoms with Gasteiger partial charge in [0.05, 0.1) is 6.10 Å². The van der Waals surface area contributed by atoms with E-state index in [0.717, 1.165) is 16.8 Å². The molecule has 2 aromatic rings. The Hall–Kier alpha value is -0.940. The van der Waals surface area contributed by atoms with E-state index in [2.05, 4.69) is 27.6 Å². The van der Waals surface area contributed by atoms with E-state index in [1.165, 1.54) is 3.57 Å². The predicted octanol–water partition coefficient (Wildman–Crippen LogP) is 3.27. The molecule has 0 saturated heterocycles. The molecule has 0 saturated carbocycles. The summed E-state index contributed by atoms with van der Waals surface area (Å²) in [5, 5.41) is 10.1. The molecule has 0 radical (unpaired) electrons. The zero-order chi connectivity index (χ0) is 12.3. The van der Waals surface area contributed by atoms with Gasteiger partial charge in [-0.15, -0.1) is 0 Å². The van der Waals surface area contributed by atoms with Crippen LogP contribution in [0, 0.1) is 10.5 Å². The maximum Gasteiger partial charge on any atom is 0.0845 e. The van der Waals surface area contributed by atoms with Gasteiger partial charge in [0, 0.05) is 21.9 Å². The van der Waals surface area contributed by atoms with Crippen molar-refractivity contribution in [2.75, 3.05) is 0 Å². The van der Waals surface area contributed by atoms with Crippen LogP contribution in [0.25, 0.3) is 0 Å². The third-order valence-corrected chi connectivity index (χ3v) is 3.48. The van der Waals surface area contributed by atoms with Crippen molar-refractivity contribution < 1.29 is 5.11 Å². The molecule has 0 aliphatic heterocycles. The van der Waals surface area contributed by atoms with Crippen molar-refractivity contribution in [3.8, 4) is 0 Å². The van der Waals surface area contributed by atoms with E-state index in [4.69, 9.17) is 0 Å². The van der Waals surface area contributed by atoms with E-state index in [-0.39, 0.29) is 0 Å². The fraction of sp³-hybridized carbons (Fsp3) is 0.214. The lowest BCUT2D eigenvalue weighted by Gasteiger charge is -2.12. The van der Waals surface area contributed by atoms with Crippen LogP contribution >= 0.6 is 22.6 Å². The lowest BCUT2D eigenvalue weighted by Crippen LogP contribution is -2.04. The number of aromatic nitrogens is 1. The minimum absolute atomic E-state index is 0.486. The van der Waals surface area contributed by atoms with E-state index >= 15 is 0 Å². The highest BCUT2D eigenvalue weighted by Crippen LogP contribution is 2.19. The van der Waals surface area contributed by atoms with E-state index in [0.29, 0.717) is 6.42 Å². The molecule has 3 heteroatoms. The van der Waals surface area contributed by atoms with Gasteiger partial charge in [-0.1, -0.05) is 18.2 Å². The summed E-state index contributed by atoms with van der Waals surface area (Å²) in [5.41, 5.74) is 3.02. The molecule has 2 rings (SSSR count). The van der Waals surface area contributed by atoms with Crippen molar-refractivity contribution >= 4 is 22.6 Å².